The Morgan fingerprint density at radius 3 is 0.934 bits per heavy atom. The largest absolute Gasteiger partial charge is 0.545 e. The number of rotatable bonds is 73. The van der Waals surface area contributed by atoms with Crippen LogP contribution in [0, 0.1) is 0 Å². The van der Waals surface area contributed by atoms with Crippen molar-refractivity contribution in [3.8, 4) is 0 Å². The Balaban J connectivity index is 3.99. The third kappa shape index (κ3) is 74.0. The van der Waals surface area contributed by atoms with E-state index in [1.807, 2.05) is 21.1 Å². The summed E-state index contributed by atoms with van der Waals surface area (Å²) in [6.45, 7) is 4.70. The minimum atomic E-state index is -1.62. The van der Waals surface area contributed by atoms with Crippen molar-refractivity contribution in [2.75, 3.05) is 47.5 Å². The summed E-state index contributed by atoms with van der Waals surface area (Å²) in [5, 5.41) is 11.9. The van der Waals surface area contributed by atoms with Gasteiger partial charge in [-0.2, -0.15) is 0 Å². The molecule has 9 nitrogen and oxygen atoms in total. The first-order chi connectivity index (χ1) is 44.6. The zero-order chi connectivity index (χ0) is 66.1. The Bertz CT molecular complexity index is 1730. The quantitative estimate of drug-likeness (QED) is 0.0195. The highest BCUT2D eigenvalue weighted by atomic mass is 16.7. The molecule has 0 N–H and O–H groups in total. The van der Waals surface area contributed by atoms with Gasteiger partial charge in [0.1, 0.15) is 13.2 Å². The van der Waals surface area contributed by atoms with Crippen LogP contribution in [0.4, 0.5) is 0 Å². The van der Waals surface area contributed by atoms with Gasteiger partial charge >= 0.3 is 11.9 Å². The van der Waals surface area contributed by atoms with Gasteiger partial charge in [-0.1, -0.05) is 369 Å². The molecule has 0 radical (unpaired) electrons. The van der Waals surface area contributed by atoms with Crippen molar-refractivity contribution >= 4 is 17.9 Å². The minimum absolute atomic E-state index is 0.150. The van der Waals surface area contributed by atoms with Gasteiger partial charge in [0, 0.05) is 12.8 Å². The predicted molar refractivity (Wildman–Crippen MR) is 389 cm³/mol. The molecule has 0 saturated carbocycles. The molecule has 0 aliphatic carbocycles. The lowest BCUT2D eigenvalue weighted by molar-refractivity contribution is -0.870. The molecule has 0 amide bonds. The molecule has 0 aromatic carbocycles. The van der Waals surface area contributed by atoms with Crippen LogP contribution in [-0.4, -0.2) is 82.3 Å². The molecular formula is C82H149NO8. The second kappa shape index (κ2) is 72.6. The molecule has 530 valence electrons. The van der Waals surface area contributed by atoms with Gasteiger partial charge in [0.15, 0.2) is 12.4 Å². The number of esters is 2. The first-order valence-corrected chi connectivity index (χ1v) is 39.1. The zero-order valence-electron chi connectivity index (χ0n) is 60.7. The topological polar surface area (TPSA) is 111 Å². The van der Waals surface area contributed by atoms with Crippen molar-refractivity contribution < 1.29 is 42.9 Å². The number of carbonyl (C=O) groups is 3. The molecule has 0 aromatic heterocycles. The number of quaternary nitrogens is 1. The second-order valence-corrected chi connectivity index (χ2v) is 27.6. The highest BCUT2D eigenvalue weighted by molar-refractivity contribution is 5.70. The van der Waals surface area contributed by atoms with Gasteiger partial charge in [-0.15, -0.1) is 0 Å². The summed E-state index contributed by atoms with van der Waals surface area (Å²) in [7, 11) is 5.95. The summed E-state index contributed by atoms with van der Waals surface area (Å²) in [5.74, 6) is -2.25. The van der Waals surface area contributed by atoms with E-state index in [1.165, 1.54) is 270 Å². The van der Waals surface area contributed by atoms with E-state index in [-0.39, 0.29) is 32.2 Å². The monoisotopic (exact) mass is 1280 g/mol. The lowest BCUT2D eigenvalue weighted by Gasteiger charge is -2.26. The summed E-state index contributed by atoms with van der Waals surface area (Å²) in [6.07, 6.45) is 94.5. The lowest BCUT2D eigenvalue weighted by atomic mass is 10.0. The summed E-state index contributed by atoms with van der Waals surface area (Å²) in [4.78, 5) is 37.6. The number of hydrogen-bond donors (Lipinski definition) is 0. The van der Waals surface area contributed by atoms with E-state index in [9.17, 15) is 19.5 Å². The number of carboxylic acids is 1. The molecule has 0 aliphatic heterocycles. The molecule has 0 heterocycles. The number of likely N-dealkylation sites (N-methyl/N-ethyl adjacent to an activating group) is 1. The van der Waals surface area contributed by atoms with Crippen molar-refractivity contribution in [1.82, 2.24) is 0 Å². The maximum atomic E-state index is 13.0. The van der Waals surface area contributed by atoms with Crippen LogP contribution in [0.5, 0.6) is 0 Å². The molecule has 0 rings (SSSR count). The van der Waals surface area contributed by atoms with Gasteiger partial charge < -0.3 is 33.3 Å². The molecule has 9 heteroatoms. The van der Waals surface area contributed by atoms with Crippen LogP contribution in [0.2, 0.25) is 0 Å². The van der Waals surface area contributed by atoms with E-state index in [2.05, 4.69) is 86.8 Å². The Kier molecular flexibility index (Phi) is 69.9. The second-order valence-electron chi connectivity index (χ2n) is 27.6. The van der Waals surface area contributed by atoms with E-state index >= 15 is 0 Å². The SMILES string of the molecule is CC/C=C\C/C=C\C/C=C\C/C=C\C/C=C\C/C=C\CCCCCCCCCCCCCCCCCCCCCCC(=O)OC(COC(=O)CCCCCCCCCCCCCCCCCCCCCCCCCCCCC)COC(OCC[N+](C)(C)C)C(=O)[O-]. The van der Waals surface area contributed by atoms with E-state index in [0.29, 0.717) is 23.9 Å². The van der Waals surface area contributed by atoms with E-state index < -0.39 is 24.3 Å². The molecule has 2 atom stereocenters. The minimum Gasteiger partial charge on any atom is -0.545 e. The molecule has 0 saturated heterocycles. The van der Waals surface area contributed by atoms with Gasteiger partial charge in [0.25, 0.3) is 0 Å². The van der Waals surface area contributed by atoms with Gasteiger partial charge in [-0.25, -0.2) is 0 Å². The summed E-state index contributed by atoms with van der Waals surface area (Å²) >= 11 is 0. The molecule has 0 spiro atoms. The van der Waals surface area contributed by atoms with Crippen LogP contribution in [0.25, 0.3) is 0 Å². The van der Waals surface area contributed by atoms with Crippen molar-refractivity contribution in [3.63, 3.8) is 0 Å². The molecule has 0 bridgehead atoms. The van der Waals surface area contributed by atoms with Crippen LogP contribution in [0.1, 0.15) is 373 Å². The smallest absolute Gasteiger partial charge is 0.306 e. The average Bonchev–Trinajstić information content (AvgIpc) is 3.46. The van der Waals surface area contributed by atoms with Gasteiger partial charge in [0.2, 0.25) is 0 Å². The van der Waals surface area contributed by atoms with Crippen LogP contribution in [0.3, 0.4) is 0 Å². The van der Waals surface area contributed by atoms with Crippen molar-refractivity contribution in [3.05, 3.63) is 72.9 Å². The first-order valence-electron chi connectivity index (χ1n) is 39.1. The molecular weight excluding hydrogens is 1130 g/mol. The van der Waals surface area contributed by atoms with Crippen molar-refractivity contribution in [1.29, 1.82) is 0 Å². The fraction of sp³-hybridized carbons (Fsp3) is 0.817. The Labute approximate surface area is 564 Å². The molecule has 0 aromatic rings. The lowest BCUT2D eigenvalue weighted by Crippen LogP contribution is -2.44. The molecule has 2 unspecified atom stereocenters. The number of carbonyl (C=O) groups excluding carboxylic acids is 3. The van der Waals surface area contributed by atoms with E-state index in [0.717, 1.165) is 70.6 Å². The van der Waals surface area contributed by atoms with E-state index in [4.69, 9.17) is 18.9 Å². The van der Waals surface area contributed by atoms with Crippen molar-refractivity contribution in [2.24, 2.45) is 0 Å². The maximum absolute atomic E-state index is 13.0. The number of ether oxygens (including phenoxy) is 4. The third-order valence-electron chi connectivity index (χ3n) is 17.5. The highest BCUT2D eigenvalue weighted by Crippen LogP contribution is 2.19. The van der Waals surface area contributed by atoms with Crippen LogP contribution < -0.4 is 5.11 Å². The summed E-state index contributed by atoms with van der Waals surface area (Å²) < 4.78 is 22.9. The first kappa shape index (κ1) is 87.7. The van der Waals surface area contributed by atoms with Crippen LogP contribution in [0.15, 0.2) is 72.9 Å². The number of nitrogens with zero attached hydrogens (tertiary/aromatic N) is 1. The van der Waals surface area contributed by atoms with Gasteiger partial charge in [-0.05, 0) is 64.2 Å². The predicted octanol–water partition coefficient (Wildman–Crippen LogP) is 23.5. The Morgan fingerprint density at radius 2 is 0.626 bits per heavy atom. The fourth-order valence-corrected chi connectivity index (χ4v) is 11.5. The van der Waals surface area contributed by atoms with Gasteiger partial charge in [-0.3, -0.25) is 9.59 Å². The Morgan fingerprint density at radius 1 is 0.341 bits per heavy atom. The molecule has 91 heavy (non-hydrogen) atoms. The normalized spacial score (nSPS) is 13.0. The zero-order valence-corrected chi connectivity index (χ0v) is 60.7. The number of aliphatic carboxylic acids is 1. The van der Waals surface area contributed by atoms with Gasteiger partial charge in [0.05, 0.1) is 40.3 Å². The number of unbranched alkanes of at least 4 members (excludes halogenated alkanes) is 46. The standard InChI is InChI=1S/C82H149NO8/c1-6-8-10-12-14-16-18-20-22-24-26-28-30-32-34-35-36-37-38-39-40-41-42-43-44-45-47-49-51-53-55-57-59-61-63-65-67-69-71-73-80(85)91-78(77-90-82(81(86)87)88-75-74-83(3,4)5)76-89-79(84)72-70-68-66-64-62-60-58-56-54-52-50-48-46-33-31-29-27-25-23-21-19-17-15-13-11-9-7-2/h8,10,14,16,20,22,26,28,32,34,36-37,78,82H,6-7,9,11-13,15,17-19,21,23-25,27,29-31,33,35,38-77H2,1-5H3/b10-8-,16-14-,22-20-,28-26-,34-32-,37-36-. The fourth-order valence-electron chi connectivity index (χ4n) is 11.5. The summed E-state index contributed by atoms with van der Waals surface area (Å²) in [5.41, 5.74) is 0. The maximum Gasteiger partial charge on any atom is 0.306 e. The van der Waals surface area contributed by atoms with Crippen molar-refractivity contribution in [2.45, 2.75) is 386 Å². The summed E-state index contributed by atoms with van der Waals surface area (Å²) in [6, 6.07) is 0. The third-order valence-corrected chi connectivity index (χ3v) is 17.5. The number of hydrogen-bond acceptors (Lipinski definition) is 8. The number of carboxylic acid groups (broad SMARTS) is 1. The number of allylic oxidation sites excluding steroid dienone is 12. The van der Waals surface area contributed by atoms with E-state index in [1.54, 1.807) is 0 Å². The highest BCUT2D eigenvalue weighted by Gasteiger charge is 2.22. The average molecular weight is 1280 g/mol. The van der Waals surface area contributed by atoms with Crippen LogP contribution in [-0.2, 0) is 33.3 Å². The van der Waals surface area contributed by atoms with Crippen LogP contribution >= 0.6 is 0 Å². The molecule has 0 fully saturated rings. The Hall–Kier alpha value is -3.27. The molecule has 0 aliphatic rings.